The van der Waals surface area contributed by atoms with Crippen molar-refractivity contribution in [2.75, 3.05) is 0 Å². The first-order valence-electron chi connectivity index (χ1n) is 13.0. The van der Waals surface area contributed by atoms with Crippen LogP contribution in [0.15, 0.2) is 74.8 Å². The second-order valence-corrected chi connectivity index (χ2v) is 9.99. The molecule has 7 heteroatoms. The summed E-state index contributed by atoms with van der Waals surface area (Å²) >= 11 is 0. The smallest absolute Gasteiger partial charge is 0.379 e. The highest BCUT2D eigenvalue weighted by Crippen LogP contribution is 2.32. The van der Waals surface area contributed by atoms with Crippen molar-refractivity contribution in [3.05, 3.63) is 100 Å². The molecule has 0 fully saturated rings. The number of amides is 1. The SMILES string of the molecule is Cc1ccc2c(CC(=O)N/N=C3\CCCc4oc(C(=O)Oc5cccc6ccccc56)c(C)c43)coc2c1C. The maximum absolute atomic E-state index is 13.2. The molecule has 0 saturated carbocycles. The third-order valence-electron chi connectivity index (χ3n) is 7.47. The van der Waals surface area contributed by atoms with Crippen molar-refractivity contribution >= 4 is 39.3 Å². The van der Waals surface area contributed by atoms with E-state index in [4.69, 9.17) is 13.6 Å². The van der Waals surface area contributed by atoms with Crippen molar-refractivity contribution in [2.24, 2.45) is 5.10 Å². The first-order valence-corrected chi connectivity index (χ1v) is 13.0. The number of hydrogen-bond donors (Lipinski definition) is 1. The van der Waals surface area contributed by atoms with Gasteiger partial charge in [-0.1, -0.05) is 48.5 Å². The zero-order valence-corrected chi connectivity index (χ0v) is 22.1. The number of fused-ring (bicyclic) bond motifs is 3. The highest BCUT2D eigenvalue weighted by molar-refractivity contribution is 6.06. The number of benzene rings is 3. The Labute approximate surface area is 225 Å². The molecule has 0 spiro atoms. The standard InChI is InChI=1S/C32H28N2O5/c1-18-14-15-24-22(17-37-30(24)19(18)2)16-28(35)34-33-25-11-7-13-27-29(25)20(3)31(38-27)32(36)39-26-12-6-9-21-8-4-5-10-23(21)26/h4-6,8-10,12,14-15,17H,7,11,13,16H2,1-3H3,(H,34,35)/b33-25+. The van der Waals surface area contributed by atoms with E-state index in [-0.39, 0.29) is 18.1 Å². The number of ether oxygens (including phenoxy) is 1. The molecule has 0 aliphatic heterocycles. The summed E-state index contributed by atoms with van der Waals surface area (Å²) in [4.78, 5) is 26.0. The Bertz CT molecular complexity index is 1780. The van der Waals surface area contributed by atoms with Crippen molar-refractivity contribution in [2.45, 2.75) is 46.5 Å². The van der Waals surface area contributed by atoms with Gasteiger partial charge in [0.25, 0.3) is 0 Å². The minimum absolute atomic E-state index is 0.145. The molecule has 0 saturated heterocycles. The monoisotopic (exact) mass is 520 g/mol. The normalized spacial score (nSPS) is 14.1. The quantitative estimate of drug-likeness (QED) is 0.158. The van der Waals surface area contributed by atoms with Crippen LogP contribution in [0.5, 0.6) is 5.75 Å². The second kappa shape index (κ2) is 9.91. The van der Waals surface area contributed by atoms with Crippen molar-refractivity contribution < 1.29 is 23.2 Å². The first-order chi connectivity index (χ1) is 18.9. The molecule has 1 amide bonds. The van der Waals surface area contributed by atoms with Crippen molar-refractivity contribution in [1.29, 1.82) is 0 Å². The highest BCUT2D eigenvalue weighted by atomic mass is 16.5. The molecular formula is C32H28N2O5. The average molecular weight is 521 g/mol. The summed E-state index contributed by atoms with van der Waals surface area (Å²) in [6.45, 7) is 5.87. The van der Waals surface area contributed by atoms with Gasteiger partial charge < -0.3 is 13.6 Å². The molecule has 1 N–H and O–H groups in total. The van der Waals surface area contributed by atoms with Gasteiger partial charge >= 0.3 is 5.97 Å². The predicted molar refractivity (Wildman–Crippen MR) is 149 cm³/mol. The Morgan fingerprint density at radius 2 is 1.77 bits per heavy atom. The lowest BCUT2D eigenvalue weighted by molar-refractivity contribution is -0.120. The van der Waals surface area contributed by atoms with Gasteiger partial charge in [0.15, 0.2) is 0 Å². The largest absolute Gasteiger partial charge is 0.464 e. The molecule has 0 radical (unpaired) electrons. The fourth-order valence-corrected chi connectivity index (χ4v) is 5.27. The highest BCUT2D eigenvalue weighted by Gasteiger charge is 2.29. The van der Waals surface area contributed by atoms with E-state index in [1.165, 1.54) is 0 Å². The van der Waals surface area contributed by atoms with Gasteiger partial charge in [-0.3, -0.25) is 4.79 Å². The van der Waals surface area contributed by atoms with Crippen LogP contribution in [0.3, 0.4) is 0 Å². The zero-order valence-electron chi connectivity index (χ0n) is 22.1. The van der Waals surface area contributed by atoms with Gasteiger partial charge in [0.1, 0.15) is 17.1 Å². The molecule has 0 atom stereocenters. The summed E-state index contributed by atoms with van der Waals surface area (Å²) in [7, 11) is 0. The molecule has 1 aliphatic carbocycles. The van der Waals surface area contributed by atoms with Crippen LogP contribution in [0.4, 0.5) is 0 Å². The molecule has 2 heterocycles. The molecule has 3 aromatic carbocycles. The summed E-state index contributed by atoms with van der Waals surface area (Å²) in [5.41, 5.74) is 8.65. The number of hydrazone groups is 1. The number of esters is 1. The average Bonchev–Trinajstić information content (AvgIpc) is 3.51. The van der Waals surface area contributed by atoms with Crippen molar-refractivity contribution in [3.8, 4) is 5.75 Å². The van der Waals surface area contributed by atoms with E-state index in [2.05, 4.69) is 10.5 Å². The number of carbonyl (C=O) groups is 2. The van der Waals surface area contributed by atoms with Crippen LogP contribution < -0.4 is 10.2 Å². The molecule has 39 heavy (non-hydrogen) atoms. The molecule has 6 rings (SSSR count). The van der Waals surface area contributed by atoms with E-state index in [0.29, 0.717) is 35.6 Å². The predicted octanol–water partition coefficient (Wildman–Crippen LogP) is 6.72. The van der Waals surface area contributed by atoms with Crippen LogP contribution in [0, 0.1) is 20.8 Å². The fraction of sp³-hybridized carbons (Fsp3) is 0.219. The molecule has 196 valence electrons. The lowest BCUT2D eigenvalue weighted by atomic mass is 9.93. The lowest BCUT2D eigenvalue weighted by Gasteiger charge is -2.13. The summed E-state index contributed by atoms with van der Waals surface area (Å²) in [5.74, 6) is 0.518. The summed E-state index contributed by atoms with van der Waals surface area (Å²) in [5, 5.41) is 7.21. The minimum Gasteiger partial charge on any atom is -0.464 e. The molecule has 1 aliphatic rings. The van der Waals surface area contributed by atoms with E-state index in [1.54, 1.807) is 12.3 Å². The van der Waals surface area contributed by atoms with Gasteiger partial charge in [0, 0.05) is 33.9 Å². The maximum atomic E-state index is 13.2. The van der Waals surface area contributed by atoms with Crippen molar-refractivity contribution in [1.82, 2.24) is 5.43 Å². The molecule has 5 aromatic rings. The Morgan fingerprint density at radius 3 is 2.64 bits per heavy atom. The number of rotatable bonds is 5. The van der Waals surface area contributed by atoms with Crippen LogP contribution in [0.1, 0.15) is 57.0 Å². The number of nitrogens with one attached hydrogen (secondary N) is 1. The minimum atomic E-state index is -0.556. The number of nitrogens with zero attached hydrogens (tertiary/aromatic N) is 1. The van der Waals surface area contributed by atoms with Gasteiger partial charge in [-0.15, -0.1) is 0 Å². The van der Waals surface area contributed by atoms with Crippen LogP contribution in [-0.4, -0.2) is 17.6 Å². The number of aryl methyl sites for hydroxylation is 3. The molecule has 7 nitrogen and oxygen atoms in total. The zero-order chi connectivity index (χ0) is 27.1. The second-order valence-electron chi connectivity index (χ2n) is 9.99. The lowest BCUT2D eigenvalue weighted by Crippen LogP contribution is -2.23. The van der Waals surface area contributed by atoms with E-state index >= 15 is 0 Å². The van der Waals surface area contributed by atoms with Crippen molar-refractivity contribution in [3.63, 3.8) is 0 Å². The van der Waals surface area contributed by atoms with Gasteiger partial charge in [-0.2, -0.15) is 5.10 Å². The summed E-state index contributed by atoms with van der Waals surface area (Å²) in [6.07, 6.45) is 3.93. The summed E-state index contributed by atoms with van der Waals surface area (Å²) < 4.78 is 17.5. The Kier molecular flexibility index (Phi) is 6.27. The molecule has 0 bridgehead atoms. The van der Waals surface area contributed by atoms with Crippen LogP contribution in [0.25, 0.3) is 21.7 Å². The Morgan fingerprint density at radius 1 is 0.949 bits per heavy atom. The van der Waals surface area contributed by atoms with E-state index in [0.717, 1.165) is 50.4 Å². The van der Waals surface area contributed by atoms with Crippen LogP contribution in [0.2, 0.25) is 0 Å². The number of carbonyl (C=O) groups excluding carboxylic acids is 2. The van der Waals surface area contributed by atoms with Gasteiger partial charge in [-0.25, -0.2) is 10.2 Å². The third-order valence-corrected chi connectivity index (χ3v) is 7.47. The number of hydrogen-bond acceptors (Lipinski definition) is 6. The molecule has 0 unspecified atom stereocenters. The Balaban J connectivity index is 1.21. The topological polar surface area (TPSA) is 94.0 Å². The molecule has 2 aromatic heterocycles. The van der Waals surface area contributed by atoms with E-state index in [9.17, 15) is 9.59 Å². The van der Waals surface area contributed by atoms with E-state index < -0.39 is 5.97 Å². The molecular weight excluding hydrogens is 492 g/mol. The van der Waals surface area contributed by atoms with Gasteiger partial charge in [0.2, 0.25) is 11.7 Å². The maximum Gasteiger partial charge on any atom is 0.379 e. The van der Waals surface area contributed by atoms with Gasteiger partial charge in [-0.05, 0) is 56.2 Å². The van der Waals surface area contributed by atoms with Crippen LogP contribution in [-0.2, 0) is 17.6 Å². The van der Waals surface area contributed by atoms with Crippen LogP contribution >= 0.6 is 0 Å². The Hall–Kier alpha value is -4.65. The van der Waals surface area contributed by atoms with Gasteiger partial charge in [0.05, 0.1) is 18.4 Å². The first kappa shape index (κ1) is 24.7. The summed E-state index contributed by atoms with van der Waals surface area (Å²) in [6, 6.07) is 17.3. The third kappa shape index (κ3) is 4.50. The number of furan rings is 2. The van der Waals surface area contributed by atoms with E-state index in [1.807, 2.05) is 69.3 Å². The fourth-order valence-electron chi connectivity index (χ4n) is 5.27.